The molecular formula is C14H22N2O3S. The van der Waals surface area contributed by atoms with Gasteiger partial charge in [0.05, 0.1) is 0 Å². The number of hydrogen-bond acceptors (Lipinski definition) is 3. The van der Waals surface area contributed by atoms with Gasteiger partial charge in [0.15, 0.2) is 0 Å². The predicted octanol–water partition coefficient (Wildman–Crippen LogP) is 0.898. The van der Waals surface area contributed by atoms with Crippen LogP contribution in [0.2, 0.25) is 0 Å². The van der Waals surface area contributed by atoms with Gasteiger partial charge >= 0.3 is 0 Å². The molecule has 0 amide bonds. The van der Waals surface area contributed by atoms with E-state index < -0.39 is 15.6 Å². The molecule has 1 aromatic rings. The molecule has 6 heteroatoms. The number of nitrogens with one attached hydrogen (secondary N) is 1. The summed E-state index contributed by atoms with van der Waals surface area (Å²) in [6.07, 6.45) is 0.737. The van der Waals surface area contributed by atoms with Gasteiger partial charge in [0.2, 0.25) is 0 Å². The first kappa shape index (κ1) is 15.4. The Hall–Kier alpha value is -0.950. The maximum absolute atomic E-state index is 12.3. The average molecular weight is 298 g/mol. The van der Waals surface area contributed by atoms with Gasteiger partial charge in [-0.15, -0.1) is 0 Å². The molecule has 2 N–H and O–H groups in total. The Balaban J connectivity index is 2.05. The fourth-order valence-electron chi connectivity index (χ4n) is 2.11. The van der Waals surface area contributed by atoms with Gasteiger partial charge in [-0.1, -0.05) is 38.1 Å². The van der Waals surface area contributed by atoms with Crippen LogP contribution in [-0.4, -0.2) is 37.5 Å². The lowest BCUT2D eigenvalue weighted by Gasteiger charge is -2.30. The molecule has 0 bridgehead atoms. The van der Waals surface area contributed by atoms with Crippen LogP contribution in [0, 0.1) is 5.41 Å². The first-order chi connectivity index (χ1) is 9.34. The van der Waals surface area contributed by atoms with Gasteiger partial charge in [-0.05, 0) is 17.5 Å². The highest BCUT2D eigenvalue weighted by Crippen LogP contribution is 2.21. The number of benzene rings is 1. The molecule has 20 heavy (non-hydrogen) atoms. The molecule has 1 aromatic carbocycles. The lowest BCUT2D eigenvalue weighted by Crippen LogP contribution is -2.46. The Morgan fingerprint density at radius 3 is 2.60 bits per heavy atom. The van der Waals surface area contributed by atoms with Crippen molar-refractivity contribution in [1.82, 2.24) is 9.03 Å². The van der Waals surface area contributed by atoms with Crippen molar-refractivity contribution in [2.45, 2.75) is 26.8 Å². The third-order valence-corrected chi connectivity index (χ3v) is 5.10. The van der Waals surface area contributed by atoms with Crippen LogP contribution in [0.1, 0.15) is 25.0 Å². The van der Waals surface area contributed by atoms with E-state index in [2.05, 4.69) is 4.72 Å². The Kier molecular flexibility index (Phi) is 4.49. The molecule has 0 aromatic heterocycles. The maximum atomic E-state index is 12.3. The normalized spacial score (nSPS) is 16.9. The Bertz CT molecular complexity index is 570. The largest absolute Gasteiger partial charge is 0.396 e. The van der Waals surface area contributed by atoms with E-state index in [-0.39, 0.29) is 13.2 Å². The zero-order valence-corrected chi connectivity index (χ0v) is 12.8. The monoisotopic (exact) mass is 298 g/mol. The second-order valence-corrected chi connectivity index (χ2v) is 7.76. The van der Waals surface area contributed by atoms with Gasteiger partial charge in [0.1, 0.15) is 0 Å². The lowest BCUT2D eigenvalue weighted by atomic mass is 9.96. The van der Waals surface area contributed by atoms with Crippen LogP contribution in [0.3, 0.4) is 0 Å². The molecule has 0 aliphatic carbocycles. The molecule has 1 aliphatic rings. The Labute approximate surface area is 120 Å². The maximum Gasteiger partial charge on any atom is 0.279 e. The number of nitrogens with zero attached hydrogens (tertiary/aromatic N) is 1. The van der Waals surface area contributed by atoms with E-state index in [1.165, 1.54) is 9.87 Å². The minimum atomic E-state index is -3.50. The molecule has 0 spiro atoms. The van der Waals surface area contributed by atoms with E-state index in [0.29, 0.717) is 13.1 Å². The molecule has 0 radical (unpaired) electrons. The quantitative estimate of drug-likeness (QED) is 0.848. The predicted molar refractivity (Wildman–Crippen MR) is 78.3 cm³/mol. The summed E-state index contributed by atoms with van der Waals surface area (Å²) in [6.45, 7) is 4.71. The van der Waals surface area contributed by atoms with Crippen LogP contribution in [0.25, 0.3) is 0 Å². The molecule has 0 saturated carbocycles. The summed E-state index contributed by atoms with van der Waals surface area (Å²) < 4.78 is 28.6. The third-order valence-electron chi connectivity index (χ3n) is 3.60. The first-order valence-corrected chi connectivity index (χ1v) is 8.20. The Morgan fingerprint density at radius 1 is 1.30 bits per heavy atom. The molecular weight excluding hydrogens is 276 g/mol. The highest BCUT2D eigenvalue weighted by Gasteiger charge is 2.28. The van der Waals surface area contributed by atoms with Crippen molar-refractivity contribution in [2.75, 3.05) is 19.7 Å². The van der Waals surface area contributed by atoms with E-state index >= 15 is 0 Å². The summed E-state index contributed by atoms with van der Waals surface area (Å²) in [7, 11) is -3.50. The van der Waals surface area contributed by atoms with E-state index in [9.17, 15) is 13.5 Å². The summed E-state index contributed by atoms with van der Waals surface area (Å²) in [5, 5.41) is 9.18. The highest BCUT2D eigenvalue weighted by atomic mass is 32.2. The van der Waals surface area contributed by atoms with Gasteiger partial charge in [-0.2, -0.15) is 12.7 Å². The van der Waals surface area contributed by atoms with E-state index in [4.69, 9.17) is 0 Å². The minimum Gasteiger partial charge on any atom is -0.396 e. The molecule has 1 heterocycles. The molecule has 2 rings (SSSR count). The zero-order valence-electron chi connectivity index (χ0n) is 12.0. The fourth-order valence-corrected chi connectivity index (χ4v) is 3.51. The molecule has 112 valence electrons. The topological polar surface area (TPSA) is 69.6 Å². The summed E-state index contributed by atoms with van der Waals surface area (Å²) >= 11 is 0. The SMILES string of the molecule is CC(C)(CO)CNS(=O)(=O)N1CCc2ccccc2C1. The van der Waals surface area contributed by atoms with Crippen LogP contribution in [0.15, 0.2) is 24.3 Å². The summed E-state index contributed by atoms with van der Waals surface area (Å²) in [4.78, 5) is 0. The van der Waals surface area contributed by atoms with E-state index in [1.807, 2.05) is 38.1 Å². The van der Waals surface area contributed by atoms with Gasteiger partial charge in [-0.3, -0.25) is 0 Å². The van der Waals surface area contributed by atoms with E-state index in [0.717, 1.165) is 12.0 Å². The molecule has 0 atom stereocenters. The first-order valence-electron chi connectivity index (χ1n) is 6.76. The molecule has 1 aliphatic heterocycles. The number of rotatable bonds is 5. The second kappa shape index (κ2) is 5.81. The Morgan fingerprint density at radius 2 is 1.95 bits per heavy atom. The van der Waals surface area contributed by atoms with Gasteiger partial charge in [0, 0.05) is 31.7 Å². The van der Waals surface area contributed by atoms with Crippen LogP contribution in [0.5, 0.6) is 0 Å². The van der Waals surface area contributed by atoms with Crippen molar-refractivity contribution in [1.29, 1.82) is 0 Å². The van der Waals surface area contributed by atoms with Crippen LogP contribution in [-0.2, 0) is 23.2 Å². The molecule has 0 unspecified atom stereocenters. The van der Waals surface area contributed by atoms with Gasteiger partial charge in [0.25, 0.3) is 10.2 Å². The highest BCUT2D eigenvalue weighted by molar-refractivity contribution is 7.87. The zero-order chi connectivity index (χ0) is 14.8. The van der Waals surface area contributed by atoms with Gasteiger partial charge in [-0.25, -0.2) is 4.72 Å². The minimum absolute atomic E-state index is 0.0572. The number of aliphatic hydroxyl groups excluding tert-OH is 1. The third kappa shape index (κ3) is 3.58. The standard InChI is InChI=1S/C14H22N2O3S/c1-14(2,11-17)10-15-20(18,19)16-8-7-12-5-3-4-6-13(12)9-16/h3-6,15,17H,7-11H2,1-2H3. The van der Waals surface area contributed by atoms with Crippen molar-refractivity contribution in [3.63, 3.8) is 0 Å². The van der Waals surface area contributed by atoms with Crippen molar-refractivity contribution in [3.05, 3.63) is 35.4 Å². The van der Waals surface area contributed by atoms with Crippen LogP contribution < -0.4 is 4.72 Å². The molecule has 0 fully saturated rings. The van der Waals surface area contributed by atoms with Crippen LogP contribution >= 0.6 is 0 Å². The smallest absolute Gasteiger partial charge is 0.279 e. The van der Waals surface area contributed by atoms with Crippen molar-refractivity contribution in [2.24, 2.45) is 5.41 Å². The molecule has 5 nitrogen and oxygen atoms in total. The number of hydrogen-bond donors (Lipinski definition) is 2. The van der Waals surface area contributed by atoms with Gasteiger partial charge < -0.3 is 5.11 Å². The number of fused-ring (bicyclic) bond motifs is 1. The lowest BCUT2D eigenvalue weighted by molar-refractivity contribution is 0.162. The van der Waals surface area contributed by atoms with Crippen molar-refractivity contribution in [3.8, 4) is 0 Å². The fraction of sp³-hybridized carbons (Fsp3) is 0.571. The summed E-state index contributed by atoms with van der Waals surface area (Å²) in [6, 6.07) is 7.92. The van der Waals surface area contributed by atoms with Crippen LogP contribution in [0.4, 0.5) is 0 Å². The second-order valence-electron chi connectivity index (χ2n) is 6.00. The summed E-state index contributed by atoms with van der Waals surface area (Å²) in [5.41, 5.74) is 1.82. The van der Waals surface area contributed by atoms with Crippen molar-refractivity contribution < 1.29 is 13.5 Å². The summed E-state index contributed by atoms with van der Waals surface area (Å²) in [5.74, 6) is 0. The van der Waals surface area contributed by atoms with E-state index in [1.54, 1.807) is 0 Å². The average Bonchev–Trinajstić information content (AvgIpc) is 2.45. The van der Waals surface area contributed by atoms with Crippen molar-refractivity contribution >= 4 is 10.2 Å². The number of aliphatic hydroxyl groups is 1. The molecule has 0 saturated heterocycles.